The number of anilines is 1. The third-order valence-electron chi connectivity index (χ3n) is 3.94. The molecule has 0 atom stereocenters. The zero-order valence-corrected chi connectivity index (χ0v) is 16.1. The second kappa shape index (κ2) is 9.61. The van der Waals surface area contributed by atoms with E-state index in [4.69, 9.17) is 14.0 Å². The number of unbranched alkanes of at least 4 members (excludes halogenated alkanes) is 1. The van der Waals surface area contributed by atoms with Crippen LogP contribution in [0.15, 0.2) is 28.8 Å². The van der Waals surface area contributed by atoms with Crippen molar-refractivity contribution >= 4 is 17.6 Å². The SMILES string of the molecule is CCCCN(CC(=O)Nc1cc(C)on1)C(=O)c1c(OC)cccc1OC. The summed E-state index contributed by atoms with van der Waals surface area (Å²) in [6.07, 6.45) is 1.65. The number of aryl methyl sites for hydroxylation is 1. The second-order valence-electron chi connectivity index (χ2n) is 5.99. The molecule has 146 valence electrons. The Balaban J connectivity index is 2.22. The van der Waals surface area contributed by atoms with Crippen LogP contribution in [0.2, 0.25) is 0 Å². The molecule has 8 heteroatoms. The highest BCUT2D eigenvalue weighted by Crippen LogP contribution is 2.29. The molecule has 0 aliphatic rings. The van der Waals surface area contributed by atoms with Crippen LogP contribution < -0.4 is 14.8 Å². The predicted molar refractivity (Wildman–Crippen MR) is 100 cm³/mol. The molecular formula is C19H25N3O5. The topological polar surface area (TPSA) is 93.9 Å². The highest BCUT2D eigenvalue weighted by molar-refractivity contribution is 6.02. The molecule has 0 fully saturated rings. The minimum absolute atomic E-state index is 0.119. The largest absolute Gasteiger partial charge is 0.496 e. The van der Waals surface area contributed by atoms with Crippen molar-refractivity contribution < 1.29 is 23.6 Å². The molecule has 1 aromatic heterocycles. The van der Waals surface area contributed by atoms with Gasteiger partial charge in [-0.25, -0.2) is 0 Å². The maximum absolute atomic E-state index is 13.2. The van der Waals surface area contributed by atoms with Crippen molar-refractivity contribution in [3.63, 3.8) is 0 Å². The molecule has 0 aliphatic carbocycles. The molecule has 27 heavy (non-hydrogen) atoms. The Morgan fingerprint density at radius 3 is 2.41 bits per heavy atom. The van der Waals surface area contributed by atoms with E-state index >= 15 is 0 Å². The minimum Gasteiger partial charge on any atom is -0.496 e. The first-order valence-electron chi connectivity index (χ1n) is 8.73. The second-order valence-corrected chi connectivity index (χ2v) is 5.99. The number of carbonyl (C=O) groups is 2. The van der Waals surface area contributed by atoms with Crippen molar-refractivity contribution in [1.29, 1.82) is 0 Å². The maximum Gasteiger partial charge on any atom is 0.261 e. The number of rotatable bonds is 9. The van der Waals surface area contributed by atoms with Gasteiger partial charge in [0.05, 0.1) is 14.2 Å². The Hall–Kier alpha value is -3.03. The summed E-state index contributed by atoms with van der Waals surface area (Å²) in [5, 5.41) is 6.37. The quantitative estimate of drug-likeness (QED) is 0.724. The number of ether oxygens (including phenoxy) is 2. The molecular weight excluding hydrogens is 350 g/mol. The lowest BCUT2D eigenvalue weighted by molar-refractivity contribution is -0.117. The van der Waals surface area contributed by atoms with Crippen LogP contribution in [0.3, 0.4) is 0 Å². The molecule has 0 radical (unpaired) electrons. The van der Waals surface area contributed by atoms with Gasteiger partial charge in [0.25, 0.3) is 5.91 Å². The average molecular weight is 375 g/mol. The summed E-state index contributed by atoms with van der Waals surface area (Å²) in [7, 11) is 2.98. The molecule has 0 saturated heterocycles. The Kier molecular flexibility index (Phi) is 7.22. The first kappa shape index (κ1) is 20.3. The van der Waals surface area contributed by atoms with Gasteiger partial charge in [0.15, 0.2) is 5.82 Å². The van der Waals surface area contributed by atoms with E-state index in [2.05, 4.69) is 10.5 Å². The summed E-state index contributed by atoms with van der Waals surface area (Å²) in [4.78, 5) is 27.0. The molecule has 0 unspecified atom stereocenters. The minimum atomic E-state index is -0.360. The number of hydrogen-bond acceptors (Lipinski definition) is 6. The maximum atomic E-state index is 13.2. The molecule has 0 saturated carbocycles. The van der Waals surface area contributed by atoms with Gasteiger partial charge in [-0.1, -0.05) is 24.6 Å². The van der Waals surface area contributed by atoms with Crippen LogP contribution in [0.5, 0.6) is 11.5 Å². The van der Waals surface area contributed by atoms with Gasteiger partial charge in [-0.2, -0.15) is 0 Å². The van der Waals surface area contributed by atoms with E-state index in [1.807, 2.05) is 6.92 Å². The molecule has 1 aromatic carbocycles. The number of methoxy groups -OCH3 is 2. The number of aromatic nitrogens is 1. The fourth-order valence-corrected chi connectivity index (χ4v) is 2.60. The lowest BCUT2D eigenvalue weighted by Gasteiger charge is -2.23. The van der Waals surface area contributed by atoms with Crippen LogP contribution in [0.4, 0.5) is 5.82 Å². The lowest BCUT2D eigenvalue weighted by atomic mass is 10.1. The Morgan fingerprint density at radius 1 is 1.22 bits per heavy atom. The fraction of sp³-hybridized carbons (Fsp3) is 0.421. The van der Waals surface area contributed by atoms with Crippen LogP contribution in [-0.4, -0.2) is 49.2 Å². The number of nitrogens with one attached hydrogen (secondary N) is 1. The average Bonchev–Trinajstić information content (AvgIpc) is 3.08. The predicted octanol–water partition coefficient (Wildman–Crippen LogP) is 2.88. The number of carbonyl (C=O) groups excluding carboxylic acids is 2. The van der Waals surface area contributed by atoms with Crippen molar-refractivity contribution in [2.45, 2.75) is 26.7 Å². The van der Waals surface area contributed by atoms with Crippen molar-refractivity contribution in [2.75, 3.05) is 32.6 Å². The van der Waals surface area contributed by atoms with Gasteiger partial charge < -0.3 is 24.2 Å². The van der Waals surface area contributed by atoms with E-state index in [1.165, 1.54) is 19.1 Å². The standard InChI is InChI=1S/C19H25N3O5/c1-5-6-10-22(12-17(23)20-16-11-13(2)27-21-16)19(24)18-14(25-3)8-7-9-15(18)26-4/h7-9,11H,5-6,10,12H2,1-4H3,(H,20,21,23). The molecule has 2 rings (SSSR count). The van der Waals surface area contributed by atoms with Crippen LogP contribution in [-0.2, 0) is 4.79 Å². The molecule has 0 bridgehead atoms. The number of benzene rings is 1. The van der Waals surface area contributed by atoms with Crippen molar-refractivity contribution in [3.8, 4) is 11.5 Å². The third-order valence-corrected chi connectivity index (χ3v) is 3.94. The van der Waals surface area contributed by atoms with Crippen molar-refractivity contribution in [3.05, 3.63) is 35.6 Å². The van der Waals surface area contributed by atoms with Crippen LogP contribution >= 0.6 is 0 Å². The molecule has 0 aliphatic heterocycles. The normalized spacial score (nSPS) is 10.4. The van der Waals surface area contributed by atoms with Crippen molar-refractivity contribution in [1.82, 2.24) is 10.1 Å². The summed E-state index contributed by atoms with van der Waals surface area (Å²) in [5.74, 6) is 1.01. The van der Waals surface area contributed by atoms with Crippen LogP contribution in [0.25, 0.3) is 0 Å². The van der Waals surface area contributed by atoms with Gasteiger partial charge in [0.1, 0.15) is 29.4 Å². The Bertz CT molecular complexity index is 765. The molecule has 1 N–H and O–H groups in total. The number of nitrogens with zero attached hydrogens (tertiary/aromatic N) is 2. The lowest BCUT2D eigenvalue weighted by Crippen LogP contribution is -2.39. The van der Waals surface area contributed by atoms with Crippen LogP contribution in [0.1, 0.15) is 35.9 Å². The zero-order valence-electron chi connectivity index (χ0n) is 16.1. The highest BCUT2D eigenvalue weighted by atomic mass is 16.5. The van der Waals surface area contributed by atoms with Gasteiger partial charge in [-0.15, -0.1) is 0 Å². The van der Waals surface area contributed by atoms with Gasteiger partial charge in [0, 0.05) is 12.6 Å². The van der Waals surface area contributed by atoms with E-state index in [0.717, 1.165) is 12.8 Å². The van der Waals surface area contributed by atoms with E-state index in [0.29, 0.717) is 35.2 Å². The first-order chi connectivity index (χ1) is 13.0. The van der Waals surface area contributed by atoms with Gasteiger partial charge in [-0.3, -0.25) is 9.59 Å². The van der Waals surface area contributed by atoms with E-state index in [9.17, 15) is 9.59 Å². The number of amides is 2. The monoisotopic (exact) mass is 375 g/mol. The Labute approximate surface area is 158 Å². The summed E-state index contributed by atoms with van der Waals surface area (Å²) >= 11 is 0. The smallest absolute Gasteiger partial charge is 0.261 e. The van der Waals surface area contributed by atoms with Crippen LogP contribution in [0, 0.1) is 6.92 Å². The summed E-state index contributed by atoms with van der Waals surface area (Å²) in [6, 6.07) is 6.72. The zero-order chi connectivity index (χ0) is 19.8. The summed E-state index contributed by atoms with van der Waals surface area (Å²) < 4.78 is 15.6. The fourth-order valence-electron chi connectivity index (χ4n) is 2.60. The van der Waals surface area contributed by atoms with Gasteiger partial charge >= 0.3 is 0 Å². The first-order valence-corrected chi connectivity index (χ1v) is 8.73. The van der Waals surface area contributed by atoms with Gasteiger partial charge in [-0.05, 0) is 25.5 Å². The summed E-state index contributed by atoms with van der Waals surface area (Å²) in [5.41, 5.74) is 0.295. The van der Waals surface area contributed by atoms with E-state index in [1.54, 1.807) is 31.2 Å². The number of hydrogen-bond donors (Lipinski definition) is 1. The Morgan fingerprint density at radius 2 is 1.89 bits per heavy atom. The molecule has 2 aromatic rings. The van der Waals surface area contributed by atoms with E-state index < -0.39 is 0 Å². The third kappa shape index (κ3) is 5.22. The molecule has 2 amide bonds. The van der Waals surface area contributed by atoms with Gasteiger partial charge in [0.2, 0.25) is 5.91 Å². The van der Waals surface area contributed by atoms with Crippen molar-refractivity contribution in [2.24, 2.45) is 0 Å². The molecule has 8 nitrogen and oxygen atoms in total. The molecule has 1 heterocycles. The molecule has 0 spiro atoms. The summed E-state index contributed by atoms with van der Waals surface area (Å²) in [6.45, 7) is 4.06. The highest BCUT2D eigenvalue weighted by Gasteiger charge is 2.25. The van der Waals surface area contributed by atoms with E-state index in [-0.39, 0.29) is 18.4 Å².